The number of imidazole rings is 1. The predicted octanol–water partition coefficient (Wildman–Crippen LogP) is 4.31. The number of amides is 1. The fraction of sp³-hybridized carbons (Fsp3) is 0.286. The van der Waals surface area contributed by atoms with Crippen LogP contribution < -0.4 is 14.4 Å². The number of para-hydroxylation sites is 2. The molecule has 1 N–H and O–H groups in total. The maximum Gasteiger partial charge on any atom is 0.227 e. The second-order valence-electron chi connectivity index (χ2n) is 8.95. The van der Waals surface area contributed by atoms with E-state index in [0.717, 1.165) is 33.9 Å². The average molecular weight is 472 g/mol. The molecule has 0 saturated carbocycles. The van der Waals surface area contributed by atoms with Gasteiger partial charge in [0.05, 0.1) is 24.7 Å². The van der Waals surface area contributed by atoms with E-state index in [2.05, 4.69) is 0 Å². The molecule has 1 aliphatic rings. The minimum atomic E-state index is -0.737. The van der Waals surface area contributed by atoms with Crippen molar-refractivity contribution in [2.24, 2.45) is 0 Å². The summed E-state index contributed by atoms with van der Waals surface area (Å²) in [6.45, 7) is 3.03. The normalized spacial score (nSPS) is 16.6. The topological polar surface area (TPSA) is 76.8 Å². The van der Waals surface area contributed by atoms with Gasteiger partial charge in [-0.05, 0) is 43.3 Å². The second kappa shape index (κ2) is 9.80. The van der Waals surface area contributed by atoms with Gasteiger partial charge >= 0.3 is 0 Å². The van der Waals surface area contributed by atoms with E-state index in [1.54, 1.807) is 12.0 Å². The first kappa shape index (κ1) is 22.9. The molecule has 1 amide bonds. The van der Waals surface area contributed by atoms with E-state index in [1.807, 2.05) is 84.3 Å². The molecule has 5 rings (SSSR count). The Kier molecular flexibility index (Phi) is 6.42. The standard InChI is InChI=1S/C28H29N3O4/c1-19-10-12-23(13-11-19)35-18-22(32)17-31-26-9-4-3-8-25(26)29-28(31)20-14-27(33)30(16-20)21-6-5-7-24(15-21)34-2/h3-13,15,20,22,32H,14,16-18H2,1-2H3/t20-,22+/m0/s1. The number of ether oxygens (including phenoxy) is 2. The molecule has 2 heterocycles. The van der Waals surface area contributed by atoms with E-state index in [-0.39, 0.29) is 18.4 Å². The van der Waals surface area contributed by atoms with Crippen LogP contribution in [0.4, 0.5) is 5.69 Å². The van der Waals surface area contributed by atoms with Crippen LogP contribution in [0, 0.1) is 6.92 Å². The third-order valence-electron chi connectivity index (χ3n) is 6.40. The van der Waals surface area contributed by atoms with Gasteiger partial charge in [-0.3, -0.25) is 4.79 Å². The van der Waals surface area contributed by atoms with Crippen molar-refractivity contribution < 1.29 is 19.4 Å². The van der Waals surface area contributed by atoms with Crippen LogP contribution in [-0.2, 0) is 11.3 Å². The number of hydrogen-bond donors (Lipinski definition) is 1. The molecule has 0 bridgehead atoms. The average Bonchev–Trinajstić information content (AvgIpc) is 3.44. The zero-order valence-corrected chi connectivity index (χ0v) is 19.9. The van der Waals surface area contributed by atoms with Crippen LogP contribution in [0.1, 0.15) is 23.7 Å². The number of methoxy groups -OCH3 is 1. The van der Waals surface area contributed by atoms with E-state index < -0.39 is 6.10 Å². The number of fused-ring (bicyclic) bond motifs is 1. The Labute approximate surface area is 204 Å². The summed E-state index contributed by atoms with van der Waals surface area (Å²) in [6.07, 6.45) is -0.379. The molecule has 7 nitrogen and oxygen atoms in total. The molecule has 0 unspecified atom stereocenters. The number of aliphatic hydroxyl groups is 1. The molecule has 35 heavy (non-hydrogen) atoms. The fourth-order valence-corrected chi connectivity index (χ4v) is 4.60. The molecule has 0 radical (unpaired) electrons. The van der Waals surface area contributed by atoms with E-state index in [1.165, 1.54) is 0 Å². The third kappa shape index (κ3) is 4.86. The molecule has 1 fully saturated rings. The van der Waals surface area contributed by atoms with Crippen molar-refractivity contribution in [3.8, 4) is 11.5 Å². The number of nitrogens with zero attached hydrogens (tertiary/aromatic N) is 3. The van der Waals surface area contributed by atoms with Crippen LogP contribution >= 0.6 is 0 Å². The van der Waals surface area contributed by atoms with Gasteiger partial charge in [0, 0.05) is 30.6 Å². The highest BCUT2D eigenvalue weighted by Gasteiger charge is 2.35. The number of hydrogen-bond acceptors (Lipinski definition) is 5. The van der Waals surface area contributed by atoms with Crippen LogP contribution in [0.2, 0.25) is 0 Å². The SMILES string of the molecule is COc1cccc(N2C[C@@H](c3nc4ccccc4n3C[C@@H](O)COc3ccc(C)cc3)CC2=O)c1. The highest BCUT2D eigenvalue weighted by atomic mass is 16.5. The Morgan fingerprint density at radius 1 is 1.06 bits per heavy atom. The van der Waals surface area contributed by atoms with Crippen molar-refractivity contribution in [3.05, 3.63) is 84.2 Å². The molecule has 0 spiro atoms. The molecule has 0 aliphatic carbocycles. The summed E-state index contributed by atoms with van der Waals surface area (Å²) < 4.78 is 13.2. The van der Waals surface area contributed by atoms with Crippen molar-refractivity contribution in [3.63, 3.8) is 0 Å². The summed E-state index contributed by atoms with van der Waals surface area (Å²) in [7, 11) is 1.62. The molecule has 7 heteroatoms. The van der Waals surface area contributed by atoms with Crippen molar-refractivity contribution in [2.45, 2.75) is 31.9 Å². The lowest BCUT2D eigenvalue weighted by molar-refractivity contribution is -0.117. The monoisotopic (exact) mass is 471 g/mol. The Bertz CT molecular complexity index is 1330. The highest BCUT2D eigenvalue weighted by Crippen LogP contribution is 2.34. The Morgan fingerprint density at radius 3 is 2.66 bits per heavy atom. The van der Waals surface area contributed by atoms with Crippen molar-refractivity contribution in [1.82, 2.24) is 9.55 Å². The van der Waals surface area contributed by atoms with Gasteiger partial charge in [-0.15, -0.1) is 0 Å². The van der Waals surface area contributed by atoms with Crippen molar-refractivity contribution in [1.29, 1.82) is 0 Å². The lowest BCUT2D eigenvalue weighted by atomic mass is 10.1. The summed E-state index contributed by atoms with van der Waals surface area (Å²) in [4.78, 5) is 19.6. The number of aliphatic hydroxyl groups excluding tert-OH is 1. The van der Waals surface area contributed by atoms with Crippen LogP contribution in [0.15, 0.2) is 72.8 Å². The quantitative estimate of drug-likeness (QED) is 0.414. The summed E-state index contributed by atoms with van der Waals surface area (Å²) in [6, 6.07) is 23.2. The fourth-order valence-electron chi connectivity index (χ4n) is 4.60. The van der Waals surface area contributed by atoms with Gasteiger partial charge < -0.3 is 24.0 Å². The lowest BCUT2D eigenvalue weighted by Crippen LogP contribution is -2.26. The number of aryl methyl sites for hydroxylation is 1. The smallest absolute Gasteiger partial charge is 0.227 e. The number of carbonyl (C=O) groups excluding carboxylic acids is 1. The number of rotatable bonds is 8. The minimum absolute atomic E-state index is 0.0464. The first-order valence-electron chi connectivity index (χ1n) is 11.8. The van der Waals surface area contributed by atoms with Gasteiger partial charge in [-0.1, -0.05) is 35.9 Å². The Balaban J connectivity index is 1.37. The second-order valence-corrected chi connectivity index (χ2v) is 8.95. The zero-order valence-electron chi connectivity index (χ0n) is 19.9. The van der Waals surface area contributed by atoms with Gasteiger partial charge in [-0.25, -0.2) is 4.98 Å². The molecule has 4 aromatic rings. The highest BCUT2D eigenvalue weighted by molar-refractivity contribution is 5.96. The lowest BCUT2D eigenvalue weighted by Gasteiger charge is -2.19. The zero-order chi connectivity index (χ0) is 24.4. The van der Waals surface area contributed by atoms with Gasteiger partial charge in [-0.2, -0.15) is 0 Å². The molecule has 1 aromatic heterocycles. The molecule has 180 valence electrons. The number of carbonyl (C=O) groups is 1. The maximum atomic E-state index is 13.0. The van der Waals surface area contributed by atoms with Crippen LogP contribution in [0.25, 0.3) is 11.0 Å². The van der Waals surface area contributed by atoms with Gasteiger partial charge in [0.15, 0.2) is 0 Å². The molecular formula is C28H29N3O4. The number of anilines is 1. The molecular weight excluding hydrogens is 442 g/mol. The number of aromatic nitrogens is 2. The number of benzene rings is 3. The van der Waals surface area contributed by atoms with Gasteiger partial charge in [0.2, 0.25) is 5.91 Å². The van der Waals surface area contributed by atoms with Crippen molar-refractivity contribution in [2.75, 3.05) is 25.2 Å². The van der Waals surface area contributed by atoms with E-state index in [4.69, 9.17) is 14.5 Å². The Morgan fingerprint density at radius 2 is 1.86 bits per heavy atom. The van der Waals surface area contributed by atoms with E-state index in [0.29, 0.717) is 25.3 Å². The summed E-state index contributed by atoms with van der Waals surface area (Å²) in [5, 5.41) is 10.8. The molecule has 1 saturated heterocycles. The largest absolute Gasteiger partial charge is 0.497 e. The molecule has 1 aliphatic heterocycles. The van der Waals surface area contributed by atoms with E-state index >= 15 is 0 Å². The first-order valence-corrected chi connectivity index (χ1v) is 11.8. The van der Waals surface area contributed by atoms with Crippen LogP contribution in [-0.4, -0.2) is 46.9 Å². The Hall–Kier alpha value is -3.84. The minimum Gasteiger partial charge on any atom is -0.497 e. The van der Waals surface area contributed by atoms with E-state index in [9.17, 15) is 9.90 Å². The third-order valence-corrected chi connectivity index (χ3v) is 6.40. The van der Waals surface area contributed by atoms with Crippen LogP contribution in [0.3, 0.4) is 0 Å². The molecule has 3 aromatic carbocycles. The first-order chi connectivity index (χ1) is 17.0. The molecule has 2 atom stereocenters. The maximum absolute atomic E-state index is 13.0. The van der Waals surface area contributed by atoms with Crippen molar-refractivity contribution >= 4 is 22.6 Å². The van der Waals surface area contributed by atoms with Gasteiger partial charge in [0.1, 0.15) is 30.0 Å². The van der Waals surface area contributed by atoms with Crippen LogP contribution in [0.5, 0.6) is 11.5 Å². The summed E-state index contributed by atoms with van der Waals surface area (Å²) in [5.41, 5.74) is 3.75. The van der Waals surface area contributed by atoms with Gasteiger partial charge in [0.25, 0.3) is 0 Å². The summed E-state index contributed by atoms with van der Waals surface area (Å²) in [5.74, 6) is 2.19. The summed E-state index contributed by atoms with van der Waals surface area (Å²) >= 11 is 0. The predicted molar refractivity (Wildman–Crippen MR) is 135 cm³/mol.